The van der Waals surface area contributed by atoms with E-state index in [2.05, 4.69) is 25.6 Å². The third kappa shape index (κ3) is 6.32. The maximum absolute atomic E-state index is 12.4. The van der Waals surface area contributed by atoms with Gasteiger partial charge in [0.1, 0.15) is 6.61 Å². The maximum Gasteiger partial charge on any atom is 0.320 e. The summed E-state index contributed by atoms with van der Waals surface area (Å²) in [5.74, 6) is -0.564. The van der Waals surface area contributed by atoms with Crippen molar-refractivity contribution in [1.82, 2.24) is 30.2 Å². The van der Waals surface area contributed by atoms with E-state index in [0.29, 0.717) is 17.8 Å². The molecule has 0 radical (unpaired) electrons. The molecule has 3 rings (SSSR count). The molecule has 2 aromatic heterocycles. The number of aromatic nitrogens is 4. The first-order chi connectivity index (χ1) is 16.1. The number of hydrogen-bond acceptors (Lipinski definition) is 9. The molecule has 0 aliphatic rings. The van der Waals surface area contributed by atoms with Crippen LogP contribution in [0.5, 0.6) is 12.0 Å². The molecule has 0 spiro atoms. The Morgan fingerprint density at radius 3 is 2.47 bits per heavy atom. The van der Waals surface area contributed by atoms with Gasteiger partial charge in [-0.2, -0.15) is 15.0 Å². The summed E-state index contributed by atoms with van der Waals surface area (Å²) in [6.07, 6.45) is 0. The van der Waals surface area contributed by atoms with Crippen LogP contribution in [0.25, 0.3) is 11.2 Å². The van der Waals surface area contributed by atoms with Gasteiger partial charge in [0.15, 0.2) is 17.0 Å². The van der Waals surface area contributed by atoms with Gasteiger partial charge in [-0.3, -0.25) is 14.2 Å². The molecule has 3 aromatic rings. The molecule has 0 atom stereocenters. The Balaban J connectivity index is 1.71. The Morgan fingerprint density at radius 2 is 1.82 bits per heavy atom. The molecule has 0 saturated heterocycles. The first-order valence-electron chi connectivity index (χ1n) is 10.6. The van der Waals surface area contributed by atoms with Crippen molar-refractivity contribution in [3.8, 4) is 12.0 Å². The highest BCUT2D eigenvalue weighted by Gasteiger charge is 2.18. The van der Waals surface area contributed by atoms with Crippen LogP contribution >= 0.6 is 0 Å². The van der Waals surface area contributed by atoms with Gasteiger partial charge in [-0.05, 0) is 38.5 Å². The molecule has 34 heavy (non-hydrogen) atoms. The summed E-state index contributed by atoms with van der Waals surface area (Å²) < 4.78 is 11.8. The second-order valence-corrected chi connectivity index (χ2v) is 8.58. The number of nitrogens with zero attached hydrogens (tertiary/aromatic N) is 4. The van der Waals surface area contributed by atoms with Gasteiger partial charge in [0.25, 0.3) is 11.9 Å². The Hall–Kier alpha value is -3.93. The normalized spacial score (nSPS) is 11.4. The van der Waals surface area contributed by atoms with Crippen LogP contribution in [-0.2, 0) is 16.1 Å². The molecule has 2 heterocycles. The van der Waals surface area contributed by atoms with E-state index < -0.39 is 0 Å². The molecule has 5 N–H and O–H groups in total. The minimum absolute atomic E-state index is 0.0470. The van der Waals surface area contributed by atoms with Crippen LogP contribution in [0.15, 0.2) is 24.3 Å². The van der Waals surface area contributed by atoms with Crippen LogP contribution < -0.4 is 21.1 Å². The molecule has 2 amide bonds. The van der Waals surface area contributed by atoms with Crippen LogP contribution in [0, 0.1) is 0 Å². The lowest BCUT2D eigenvalue weighted by Crippen LogP contribution is -2.45. The van der Waals surface area contributed by atoms with Crippen LogP contribution in [0.3, 0.4) is 0 Å². The number of fused-ring (bicyclic) bond motifs is 1. The average molecular weight is 472 g/mol. The summed E-state index contributed by atoms with van der Waals surface area (Å²) in [7, 11) is 1.55. The number of nitrogen functional groups attached to an aromatic ring is 1. The zero-order valence-electron chi connectivity index (χ0n) is 19.6. The van der Waals surface area contributed by atoms with Gasteiger partial charge in [0, 0.05) is 18.2 Å². The molecule has 182 valence electrons. The number of carbonyl (C=O) groups excluding carboxylic acids is 2. The molecule has 12 heteroatoms. The minimum atomic E-state index is -0.376. The summed E-state index contributed by atoms with van der Waals surface area (Å²) in [5, 5.41) is 15.7. The van der Waals surface area contributed by atoms with Crippen molar-refractivity contribution in [2.45, 2.75) is 32.9 Å². The maximum atomic E-state index is 12.4. The highest BCUT2D eigenvalue weighted by molar-refractivity contribution is 5.96. The smallest absolute Gasteiger partial charge is 0.320 e. The summed E-state index contributed by atoms with van der Waals surface area (Å²) in [4.78, 5) is 36.6. The summed E-state index contributed by atoms with van der Waals surface area (Å²) >= 11 is 0. The van der Waals surface area contributed by atoms with Gasteiger partial charge in [-0.15, -0.1) is 0 Å². The first kappa shape index (κ1) is 24.7. The van der Waals surface area contributed by atoms with Crippen molar-refractivity contribution < 1.29 is 24.2 Å². The number of benzene rings is 1. The molecule has 0 aliphatic carbocycles. The van der Waals surface area contributed by atoms with E-state index in [1.165, 1.54) is 4.57 Å². The molecular weight excluding hydrogens is 442 g/mol. The van der Waals surface area contributed by atoms with Crippen LogP contribution in [-0.4, -0.2) is 68.8 Å². The van der Waals surface area contributed by atoms with Gasteiger partial charge in [-0.1, -0.05) is 12.1 Å². The predicted octanol–water partition coefficient (Wildman–Crippen LogP) is 0.832. The molecule has 0 unspecified atom stereocenters. The highest BCUT2D eigenvalue weighted by Crippen LogP contribution is 2.25. The van der Waals surface area contributed by atoms with Crippen molar-refractivity contribution in [1.29, 1.82) is 0 Å². The summed E-state index contributed by atoms with van der Waals surface area (Å²) in [5.41, 5.74) is 7.31. The first-order valence-corrected chi connectivity index (χ1v) is 10.6. The second-order valence-electron chi connectivity index (χ2n) is 8.58. The van der Waals surface area contributed by atoms with E-state index >= 15 is 0 Å². The van der Waals surface area contributed by atoms with Crippen molar-refractivity contribution >= 4 is 28.8 Å². The molecular formula is C22H29N7O5. The molecule has 1 aromatic carbocycles. The number of aromatic hydroxyl groups is 1. The van der Waals surface area contributed by atoms with E-state index in [-0.39, 0.29) is 60.4 Å². The standard InChI is InChI=1S/C22H29N7O5/c1-22(2,3)28-15(30)11-24-19(31)14-7-5-13(6-8-14)12-29-18-16(25-21(29)32)17(23)26-20(27-18)34-10-9-33-4/h5-8H,9-12H2,1-4H3,(H,24,31)(H,25,32)(H,28,30)(H2,23,26,27). The SMILES string of the molecule is COCCOc1nc(N)c2nc(O)n(Cc3ccc(C(=O)NCC(=O)NC(C)(C)C)cc3)c2n1. The fourth-order valence-electron chi connectivity index (χ4n) is 3.09. The Labute approximate surface area is 196 Å². The van der Waals surface area contributed by atoms with Gasteiger partial charge in [0.05, 0.1) is 19.7 Å². The fraction of sp³-hybridized carbons (Fsp3) is 0.409. The molecule has 0 fully saturated rings. The Bertz CT molecular complexity index is 1170. The van der Waals surface area contributed by atoms with E-state index in [1.807, 2.05) is 20.8 Å². The topological polar surface area (TPSA) is 167 Å². The van der Waals surface area contributed by atoms with Crippen molar-refractivity contribution in [3.05, 3.63) is 35.4 Å². The third-order valence-corrected chi connectivity index (χ3v) is 4.58. The van der Waals surface area contributed by atoms with Crippen molar-refractivity contribution in [2.24, 2.45) is 0 Å². The number of anilines is 1. The molecule has 0 aliphatic heterocycles. The Kier molecular flexibility index (Phi) is 7.51. The molecule has 12 nitrogen and oxygen atoms in total. The van der Waals surface area contributed by atoms with E-state index in [1.54, 1.807) is 31.4 Å². The number of ether oxygens (including phenoxy) is 2. The summed E-state index contributed by atoms with van der Waals surface area (Å²) in [6, 6.07) is 6.49. The predicted molar refractivity (Wildman–Crippen MR) is 125 cm³/mol. The van der Waals surface area contributed by atoms with Gasteiger partial charge in [-0.25, -0.2) is 0 Å². The van der Waals surface area contributed by atoms with Crippen molar-refractivity contribution in [2.75, 3.05) is 32.6 Å². The molecule has 0 saturated carbocycles. The molecule has 0 bridgehead atoms. The van der Waals surface area contributed by atoms with Crippen LogP contribution in [0.1, 0.15) is 36.7 Å². The number of amides is 2. The number of methoxy groups -OCH3 is 1. The number of hydrogen-bond donors (Lipinski definition) is 4. The largest absolute Gasteiger partial charge is 0.480 e. The van der Waals surface area contributed by atoms with E-state index in [9.17, 15) is 14.7 Å². The summed E-state index contributed by atoms with van der Waals surface area (Å²) in [6.45, 7) is 6.28. The number of nitrogens with two attached hydrogens (primary N) is 1. The third-order valence-electron chi connectivity index (χ3n) is 4.58. The Morgan fingerprint density at radius 1 is 1.12 bits per heavy atom. The van der Waals surface area contributed by atoms with Gasteiger partial charge in [0.2, 0.25) is 5.91 Å². The number of nitrogens with one attached hydrogen (secondary N) is 2. The van der Waals surface area contributed by atoms with Crippen molar-refractivity contribution in [3.63, 3.8) is 0 Å². The zero-order valence-corrected chi connectivity index (χ0v) is 19.6. The lowest BCUT2D eigenvalue weighted by Gasteiger charge is -2.20. The number of imidazole rings is 1. The monoisotopic (exact) mass is 471 g/mol. The van der Waals surface area contributed by atoms with E-state index in [0.717, 1.165) is 5.56 Å². The number of rotatable bonds is 9. The number of carbonyl (C=O) groups is 2. The second kappa shape index (κ2) is 10.3. The quantitative estimate of drug-likeness (QED) is 0.331. The van der Waals surface area contributed by atoms with E-state index in [4.69, 9.17) is 15.2 Å². The van der Waals surface area contributed by atoms with Crippen LogP contribution in [0.4, 0.5) is 5.82 Å². The van der Waals surface area contributed by atoms with Crippen LogP contribution in [0.2, 0.25) is 0 Å². The van der Waals surface area contributed by atoms with Gasteiger partial charge < -0.3 is 30.9 Å². The lowest BCUT2D eigenvalue weighted by atomic mass is 10.1. The average Bonchev–Trinajstić information content (AvgIpc) is 3.07. The lowest BCUT2D eigenvalue weighted by molar-refractivity contribution is -0.121. The van der Waals surface area contributed by atoms with Gasteiger partial charge >= 0.3 is 6.01 Å². The zero-order chi connectivity index (χ0) is 24.9. The highest BCUT2D eigenvalue weighted by atomic mass is 16.5. The fourth-order valence-corrected chi connectivity index (χ4v) is 3.09. The minimum Gasteiger partial charge on any atom is -0.480 e.